The lowest BCUT2D eigenvalue weighted by atomic mass is 9.90. The first kappa shape index (κ1) is 19.7. The number of aromatic nitrogens is 4. The highest BCUT2D eigenvalue weighted by Crippen LogP contribution is 2.33. The normalized spacial score (nSPS) is 17.7. The van der Waals surface area contributed by atoms with E-state index in [1.165, 1.54) is 0 Å². The lowest BCUT2D eigenvalue weighted by Crippen LogP contribution is -2.49. The molecule has 2 aromatic heterocycles. The molecule has 0 atom stereocenters. The van der Waals surface area contributed by atoms with Gasteiger partial charge in [0.25, 0.3) is 5.91 Å². The fraction of sp³-hybridized carbons (Fsp3) is 0.435. The molecule has 1 N–H and O–H groups in total. The van der Waals surface area contributed by atoms with Crippen LogP contribution in [0, 0.1) is 5.92 Å². The summed E-state index contributed by atoms with van der Waals surface area (Å²) in [5.74, 6) is 1.87. The maximum Gasteiger partial charge on any atom is 0.289 e. The van der Waals surface area contributed by atoms with Crippen molar-refractivity contribution in [1.29, 1.82) is 0 Å². The average molecular weight is 419 g/mol. The Labute approximate surface area is 180 Å². The fourth-order valence-corrected chi connectivity index (χ4v) is 4.60. The standard InChI is InChI=1S/C23H26N6O2/c1-2-19(30)15-7-11-28(12-8-15)22-20(24-9-10-25-22)16-13-29(14-16)23(31)21-26-17-5-3-4-6-18(17)27-21/h3-6,9-10,15-16H,2,7-8,11-14H2,1H3,(H,26,27). The minimum absolute atomic E-state index is 0.0863. The Kier molecular flexibility index (Phi) is 5.13. The number of hydrogen-bond acceptors (Lipinski definition) is 6. The highest BCUT2D eigenvalue weighted by molar-refractivity contribution is 5.94. The predicted octanol–water partition coefficient (Wildman–Crippen LogP) is 2.79. The van der Waals surface area contributed by atoms with E-state index in [1.807, 2.05) is 31.2 Å². The van der Waals surface area contributed by atoms with E-state index in [4.69, 9.17) is 0 Å². The third kappa shape index (κ3) is 3.66. The number of hydrogen-bond donors (Lipinski definition) is 1. The third-order valence-electron chi connectivity index (χ3n) is 6.45. The van der Waals surface area contributed by atoms with Gasteiger partial charge in [-0.25, -0.2) is 9.97 Å². The van der Waals surface area contributed by atoms with E-state index in [0.717, 1.165) is 48.5 Å². The summed E-state index contributed by atoms with van der Waals surface area (Å²) >= 11 is 0. The number of para-hydroxylation sites is 2. The summed E-state index contributed by atoms with van der Waals surface area (Å²) in [6, 6.07) is 7.64. The summed E-state index contributed by atoms with van der Waals surface area (Å²) < 4.78 is 0. The number of likely N-dealkylation sites (tertiary alicyclic amines) is 1. The molecule has 31 heavy (non-hydrogen) atoms. The van der Waals surface area contributed by atoms with Crippen molar-refractivity contribution in [3.05, 3.63) is 48.2 Å². The van der Waals surface area contributed by atoms with Crippen molar-refractivity contribution < 1.29 is 9.59 Å². The van der Waals surface area contributed by atoms with Crippen LogP contribution in [0.4, 0.5) is 5.82 Å². The molecule has 0 aliphatic carbocycles. The van der Waals surface area contributed by atoms with Crippen LogP contribution >= 0.6 is 0 Å². The van der Waals surface area contributed by atoms with Gasteiger partial charge in [-0.3, -0.25) is 14.6 Å². The molecular formula is C23H26N6O2. The van der Waals surface area contributed by atoms with E-state index in [2.05, 4.69) is 24.8 Å². The van der Waals surface area contributed by atoms with Crippen molar-refractivity contribution in [2.45, 2.75) is 32.1 Å². The molecule has 160 valence electrons. The number of piperidine rings is 1. The van der Waals surface area contributed by atoms with Gasteiger partial charge in [0.15, 0.2) is 11.6 Å². The van der Waals surface area contributed by atoms with E-state index in [0.29, 0.717) is 31.1 Å². The largest absolute Gasteiger partial charge is 0.355 e. The van der Waals surface area contributed by atoms with Gasteiger partial charge in [-0.15, -0.1) is 0 Å². The number of H-pyrrole nitrogens is 1. The number of carbonyl (C=O) groups excluding carboxylic acids is 2. The number of amides is 1. The van der Waals surface area contributed by atoms with Crippen molar-refractivity contribution in [1.82, 2.24) is 24.8 Å². The first-order chi connectivity index (χ1) is 15.1. The average Bonchev–Trinajstić information content (AvgIpc) is 3.22. The van der Waals surface area contributed by atoms with Gasteiger partial charge in [0.05, 0.1) is 16.7 Å². The second-order valence-electron chi connectivity index (χ2n) is 8.36. The van der Waals surface area contributed by atoms with Crippen molar-refractivity contribution >= 4 is 28.5 Å². The molecule has 0 radical (unpaired) electrons. The minimum Gasteiger partial charge on any atom is -0.355 e. The zero-order valence-electron chi connectivity index (χ0n) is 17.6. The van der Waals surface area contributed by atoms with E-state index in [1.54, 1.807) is 17.3 Å². The first-order valence-corrected chi connectivity index (χ1v) is 11.0. The SMILES string of the molecule is CCC(=O)C1CCN(c2nccnc2C2CN(C(=O)c3nc4ccccc4[nH]3)C2)CC1. The Balaban J connectivity index is 1.26. The van der Waals surface area contributed by atoms with Crippen LogP contribution in [0.1, 0.15) is 48.4 Å². The van der Waals surface area contributed by atoms with Crippen LogP contribution in [0.5, 0.6) is 0 Å². The molecule has 0 spiro atoms. The molecule has 2 saturated heterocycles. The van der Waals surface area contributed by atoms with Crippen molar-refractivity contribution in [2.24, 2.45) is 5.92 Å². The second-order valence-corrected chi connectivity index (χ2v) is 8.36. The molecule has 4 heterocycles. The number of imidazole rings is 1. The quantitative estimate of drug-likeness (QED) is 0.685. The number of nitrogens with zero attached hydrogens (tertiary/aromatic N) is 5. The van der Waals surface area contributed by atoms with Crippen LogP contribution in [0.2, 0.25) is 0 Å². The van der Waals surface area contributed by atoms with Crippen LogP contribution in [-0.2, 0) is 4.79 Å². The number of ketones is 1. The molecule has 1 amide bonds. The summed E-state index contributed by atoms with van der Waals surface area (Å²) in [4.78, 5) is 45.7. The molecule has 0 unspecified atom stereocenters. The van der Waals surface area contributed by atoms with Gasteiger partial charge in [0.1, 0.15) is 5.78 Å². The second kappa shape index (κ2) is 8.09. The van der Waals surface area contributed by atoms with Crippen molar-refractivity contribution in [3.8, 4) is 0 Å². The summed E-state index contributed by atoms with van der Waals surface area (Å²) in [5, 5.41) is 0. The van der Waals surface area contributed by atoms with Crippen molar-refractivity contribution in [3.63, 3.8) is 0 Å². The van der Waals surface area contributed by atoms with Gasteiger partial charge in [0.2, 0.25) is 0 Å². The first-order valence-electron chi connectivity index (χ1n) is 11.0. The molecule has 0 saturated carbocycles. The minimum atomic E-state index is -0.0863. The monoisotopic (exact) mass is 418 g/mol. The van der Waals surface area contributed by atoms with Crippen LogP contribution in [0.15, 0.2) is 36.7 Å². The molecule has 5 rings (SSSR count). The van der Waals surface area contributed by atoms with Gasteiger partial charge < -0.3 is 14.8 Å². The molecule has 2 aliphatic rings. The Hall–Kier alpha value is -3.29. The van der Waals surface area contributed by atoms with Gasteiger partial charge in [-0.05, 0) is 25.0 Å². The van der Waals surface area contributed by atoms with Crippen LogP contribution in [-0.4, -0.2) is 62.7 Å². The zero-order chi connectivity index (χ0) is 21.4. The van der Waals surface area contributed by atoms with Crippen LogP contribution in [0.3, 0.4) is 0 Å². The number of benzene rings is 1. The molecule has 8 heteroatoms. The summed E-state index contributed by atoms with van der Waals surface area (Å²) in [5.41, 5.74) is 2.60. The highest BCUT2D eigenvalue weighted by Gasteiger charge is 2.37. The Morgan fingerprint density at radius 2 is 1.84 bits per heavy atom. The lowest BCUT2D eigenvalue weighted by Gasteiger charge is -2.40. The van der Waals surface area contributed by atoms with Crippen LogP contribution < -0.4 is 4.90 Å². The number of anilines is 1. The third-order valence-corrected chi connectivity index (χ3v) is 6.45. The number of aromatic amines is 1. The number of carbonyl (C=O) groups is 2. The molecule has 0 bridgehead atoms. The van der Waals surface area contributed by atoms with Gasteiger partial charge in [-0.2, -0.15) is 0 Å². The maximum absolute atomic E-state index is 12.8. The molecule has 3 aromatic rings. The number of rotatable bonds is 5. The van der Waals surface area contributed by atoms with Gasteiger partial charge >= 0.3 is 0 Å². The summed E-state index contributed by atoms with van der Waals surface area (Å²) in [7, 11) is 0. The number of fused-ring (bicyclic) bond motifs is 1. The number of nitrogens with one attached hydrogen (secondary N) is 1. The lowest BCUT2D eigenvalue weighted by molar-refractivity contribution is -0.123. The topological polar surface area (TPSA) is 95.1 Å². The summed E-state index contributed by atoms with van der Waals surface area (Å²) in [6.45, 7) is 4.77. The smallest absolute Gasteiger partial charge is 0.289 e. The van der Waals surface area contributed by atoms with Crippen molar-refractivity contribution in [2.75, 3.05) is 31.1 Å². The molecule has 8 nitrogen and oxygen atoms in total. The summed E-state index contributed by atoms with van der Waals surface area (Å²) in [6.07, 6.45) is 5.78. The Morgan fingerprint density at radius 1 is 1.10 bits per heavy atom. The van der Waals surface area contributed by atoms with Gasteiger partial charge in [-0.1, -0.05) is 19.1 Å². The van der Waals surface area contributed by atoms with Crippen LogP contribution in [0.25, 0.3) is 11.0 Å². The highest BCUT2D eigenvalue weighted by atomic mass is 16.2. The fourth-order valence-electron chi connectivity index (χ4n) is 4.60. The predicted molar refractivity (Wildman–Crippen MR) is 117 cm³/mol. The molecule has 2 fully saturated rings. The Morgan fingerprint density at radius 3 is 2.58 bits per heavy atom. The molecule has 1 aromatic carbocycles. The molecule has 2 aliphatic heterocycles. The Bertz CT molecular complexity index is 1080. The maximum atomic E-state index is 12.8. The number of Topliss-reactive ketones (excluding diaryl/α,β-unsaturated/α-hetero) is 1. The van der Waals surface area contributed by atoms with Gasteiger partial charge in [0, 0.05) is 56.8 Å². The zero-order valence-corrected chi connectivity index (χ0v) is 17.6. The van der Waals surface area contributed by atoms with E-state index in [9.17, 15) is 9.59 Å². The van der Waals surface area contributed by atoms with E-state index in [-0.39, 0.29) is 17.7 Å². The van der Waals surface area contributed by atoms with E-state index >= 15 is 0 Å². The van der Waals surface area contributed by atoms with E-state index < -0.39 is 0 Å². The molecular weight excluding hydrogens is 392 g/mol.